The molecule has 2 heterocycles. The summed E-state index contributed by atoms with van der Waals surface area (Å²) in [6.07, 6.45) is 5.50. The van der Waals surface area contributed by atoms with E-state index in [4.69, 9.17) is 5.73 Å². The summed E-state index contributed by atoms with van der Waals surface area (Å²) < 4.78 is 27.3. The predicted octanol–water partition coefficient (Wildman–Crippen LogP) is 2.57. The molecule has 1 aromatic carbocycles. The summed E-state index contributed by atoms with van der Waals surface area (Å²) in [7, 11) is 0. The van der Waals surface area contributed by atoms with Gasteiger partial charge >= 0.3 is 0 Å². The molecule has 1 fully saturated rings. The molecule has 1 saturated heterocycles. The first-order valence-corrected chi connectivity index (χ1v) is 7.87. The molecule has 7 heteroatoms. The number of likely N-dealkylation sites (tertiary alicyclic amines) is 1. The molecule has 0 saturated carbocycles. The molecule has 1 aliphatic heterocycles. The van der Waals surface area contributed by atoms with Crippen molar-refractivity contribution < 1.29 is 13.6 Å². The van der Waals surface area contributed by atoms with Crippen molar-refractivity contribution in [1.29, 1.82) is 0 Å². The number of benzene rings is 1. The molecule has 1 amide bonds. The van der Waals surface area contributed by atoms with Gasteiger partial charge in [-0.25, -0.2) is 18.7 Å². The fraction of sp³-hybridized carbons (Fsp3) is 0.353. The Bertz CT molecular complexity index is 736. The lowest BCUT2D eigenvalue weighted by atomic mass is 9.95. The van der Waals surface area contributed by atoms with E-state index in [1.807, 2.05) is 0 Å². The molecule has 2 aromatic rings. The molecule has 126 valence electrons. The van der Waals surface area contributed by atoms with Gasteiger partial charge in [-0.3, -0.25) is 4.79 Å². The van der Waals surface area contributed by atoms with Crippen LogP contribution in [-0.4, -0.2) is 33.4 Å². The fourth-order valence-corrected chi connectivity index (χ4v) is 3.03. The van der Waals surface area contributed by atoms with E-state index in [2.05, 4.69) is 9.97 Å². The summed E-state index contributed by atoms with van der Waals surface area (Å²) in [4.78, 5) is 22.3. The number of halogens is 2. The van der Waals surface area contributed by atoms with Crippen LogP contribution in [0.5, 0.6) is 0 Å². The second-order valence-electron chi connectivity index (χ2n) is 5.91. The van der Waals surface area contributed by atoms with Crippen LogP contribution >= 0.6 is 0 Å². The first-order valence-electron chi connectivity index (χ1n) is 7.87. The number of amides is 1. The molecule has 0 radical (unpaired) electrons. The third-order valence-corrected chi connectivity index (χ3v) is 4.24. The molecule has 0 bridgehead atoms. The monoisotopic (exact) mass is 332 g/mol. The molecule has 24 heavy (non-hydrogen) atoms. The first kappa shape index (κ1) is 16.3. The highest BCUT2D eigenvalue weighted by molar-refractivity contribution is 5.92. The third-order valence-electron chi connectivity index (χ3n) is 4.24. The number of aromatic nitrogens is 2. The highest BCUT2D eigenvalue weighted by atomic mass is 19.1. The largest absolute Gasteiger partial charge is 0.382 e. The maximum Gasteiger partial charge on any atom is 0.274 e. The lowest BCUT2D eigenvalue weighted by molar-refractivity contribution is 0.0606. The maximum atomic E-state index is 13.9. The van der Waals surface area contributed by atoms with Crippen LogP contribution in [-0.2, 0) is 6.42 Å². The fourth-order valence-electron chi connectivity index (χ4n) is 3.03. The highest BCUT2D eigenvalue weighted by Crippen LogP contribution is 2.24. The van der Waals surface area contributed by atoms with Crippen molar-refractivity contribution >= 4 is 11.7 Å². The molecule has 0 spiro atoms. The number of carbonyl (C=O) groups is 1. The highest BCUT2D eigenvalue weighted by Gasteiger charge is 2.29. The van der Waals surface area contributed by atoms with Crippen LogP contribution in [0.25, 0.3) is 0 Å². The molecule has 1 atom stereocenters. The van der Waals surface area contributed by atoms with Gasteiger partial charge in [0.2, 0.25) is 0 Å². The van der Waals surface area contributed by atoms with E-state index >= 15 is 0 Å². The summed E-state index contributed by atoms with van der Waals surface area (Å²) in [5.41, 5.74) is 5.97. The van der Waals surface area contributed by atoms with Gasteiger partial charge in [0.05, 0.1) is 12.4 Å². The zero-order valence-electron chi connectivity index (χ0n) is 13.1. The Kier molecular flexibility index (Phi) is 4.69. The van der Waals surface area contributed by atoms with Crippen molar-refractivity contribution in [2.75, 3.05) is 12.3 Å². The van der Waals surface area contributed by atoms with Crippen molar-refractivity contribution in [2.24, 2.45) is 0 Å². The van der Waals surface area contributed by atoms with Gasteiger partial charge in [-0.2, -0.15) is 0 Å². The van der Waals surface area contributed by atoms with Gasteiger partial charge in [-0.15, -0.1) is 0 Å². The molecular formula is C17H18F2N4O. The van der Waals surface area contributed by atoms with Gasteiger partial charge in [0.15, 0.2) is 0 Å². The van der Waals surface area contributed by atoms with Gasteiger partial charge in [0, 0.05) is 12.6 Å². The van der Waals surface area contributed by atoms with Gasteiger partial charge in [0.1, 0.15) is 23.1 Å². The number of nitrogens with zero attached hydrogens (tertiary/aromatic N) is 3. The number of nitrogens with two attached hydrogens (primary N) is 1. The van der Waals surface area contributed by atoms with E-state index in [0.29, 0.717) is 6.54 Å². The minimum Gasteiger partial charge on any atom is -0.382 e. The average Bonchev–Trinajstić information content (AvgIpc) is 2.59. The van der Waals surface area contributed by atoms with Crippen LogP contribution in [0.3, 0.4) is 0 Å². The second-order valence-corrected chi connectivity index (χ2v) is 5.91. The van der Waals surface area contributed by atoms with E-state index in [0.717, 1.165) is 31.4 Å². The van der Waals surface area contributed by atoms with Gasteiger partial charge in [-0.1, -0.05) is 0 Å². The van der Waals surface area contributed by atoms with Crippen LogP contribution < -0.4 is 5.73 Å². The van der Waals surface area contributed by atoms with Crippen LogP contribution in [0, 0.1) is 11.6 Å². The first-order chi connectivity index (χ1) is 11.5. The number of hydrogen-bond donors (Lipinski definition) is 1. The number of nitrogen functional groups attached to an aromatic ring is 1. The van der Waals surface area contributed by atoms with E-state index in [-0.39, 0.29) is 35.4 Å². The number of hydrogen-bond acceptors (Lipinski definition) is 4. The van der Waals surface area contributed by atoms with Gasteiger partial charge < -0.3 is 10.6 Å². The molecular weight excluding hydrogens is 314 g/mol. The van der Waals surface area contributed by atoms with Crippen LogP contribution in [0.2, 0.25) is 0 Å². The third kappa shape index (κ3) is 3.50. The van der Waals surface area contributed by atoms with E-state index in [1.165, 1.54) is 18.5 Å². The molecule has 0 aliphatic carbocycles. The van der Waals surface area contributed by atoms with Crippen LogP contribution in [0.15, 0.2) is 30.6 Å². The number of carbonyl (C=O) groups excluding carboxylic acids is 1. The van der Waals surface area contributed by atoms with E-state index < -0.39 is 11.6 Å². The summed E-state index contributed by atoms with van der Waals surface area (Å²) in [5, 5.41) is 0. The Balaban J connectivity index is 1.81. The van der Waals surface area contributed by atoms with Crippen molar-refractivity contribution in [3.63, 3.8) is 0 Å². The number of piperidine rings is 1. The molecule has 1 aromatic heterocycles. The SMILES string of the molecule is Nc1cnc(C(=O)N2CCCCC2Cc2cc(F)ccc2F)cn1. The normalized spacial score (nSPS) is 17.8. The van der Waals surface area contributed by atoms with E-state index in [1.54, 1.807) is 4.90 Å². The van der Waals surface area contributed by atoms with Crippen molar-refractivity contribution in [3.8, 4) is 0 Å². The summed E-state index contributed by atoms with van der Waals surface area (Å²) in [5.74, 6) is -0.960. The number of rotatable bonds is 3. The van der Waals surface area contributed by atoms with E-state index in [9.17, 15) is 13.6 Å². The standard InChI is InChI=1S/C17H18F2N4O/c18-12-4-5-14(19)11(7-12)8-13-3-1-2-6-23(13)17(24)15-9-22-16(20)10-21-15/h4-5,7,9-10,13H,1-3,6,8H2,(H2,20,22). The summed E-state index contributed by atoms with van der Waals surface area (Å²) in [6.45, 7) is 0.562. The van der Waals surface area contributed by atoms with Crippen molar-refractivity contribution in [2.45, 2.75) is 31.7 Å². The average molecular weight is 332 g/mol. The van der Waals surface area contributed by atoms with Crippen molar-refractivity contribution in [3.05, 3.63) is 53.5 Å². The smallest absolute Gasteiger partial charge is 0.274 e. The minimum absolute atomic E-state index is 0.193. The lowest BCUT2D eigenvalue weighted by Crippen LogP contribution is -2.45. The zero-order valence-corrected chi connectivity index (χ0v) is 13.1. The Labute approximate surface area is 138 Å². The van der Waals surface area contributed by atoms with Crippen LogP contribution in [0.4, 0.5) is 14.6 Å². The predicted molar refractivity (Wildman–Crippen MR) is 85.2 cm³/mol. The Morgan fingerprint density at radius 3 is 2.83 bits per heavy atom. The topological polar surface area (TPSA) is 72.1 Å². The maximum absolute atomic E-state index is 13.9. The Hall–Kier alpha value is -2.57. The molecule has 1 unspecified atom stereocenters. The van der Waals surface area contributed by atoms with Gasteiger partial charge in [0.25, 0.3) is 5.91 Å². The second kappa shape index (κ2) is 6.90. The Morgan fingerprint density at radius 1 is 1.25 bits per heavy atom. The summed E-state index contributed by atoms with van der Waals surface area (Å²) in [6, 6.07) is 3.20. The zero-order chi connectivity index (χ0) is 17.1. The molecule has 2 N–H and O–H groups in total. The Morgan fingerprint density at radius 2 is 2.08 bits per heavy atom. The quantitative estimate of drug-likeness (QED) is 0.938. The molecule has 3 rings (SSSR count). The molecule has 1 aliphatic rings. The lowest BCUT2D eigenvalue weighted by Gasteiger charge is -2.35. The summed E-state index contributed by atoms with van der Waals surface area (Å²) >= 11 is 0. The minimum atomic E-state index is -0.482. The molecule has 5 nitrogen and oxygen atoms in total. The number of anilines is 1. The van der Waals surface area contributed by atoms with Gasteiger partial charge in [-0.05, 0) is 49.4 Å². The van der Waals surface area contributed by atoms with Crippen LogP contribution in [0.1, 0.15) is 35.3 Å². The van der Waals surface area contributed by atoms with Crippen molar-refractivity contribution in [1.82, 2.24) is 14.9 Å².